The van der Waals surface area contributed by atoms with Gasteiger partial charge in [-0.05, 0) is 32.9 Å². The van der Waals surface area contributed by atoms with E-state index in [4.69, 9.17) is 4.74 Å². The molecule has 1 aliphatic heterocycles. The SMILES string of the molecule is CCCNC(Cc1nc(C)cs1)C1CN(CCC)CCO1. The summed E-state index contributed by atoms with van der Waals surface area (Å²) in [5.41, 5.74) is 1.13. The quantitative estimate of drug-likeness (QED) is 0.800. The second-order valence-corrected chi connectivity index (χ2v) is 6.80. The van der Waals surface area contributed by atoms with E-state index >= 15 is 0 Å². The Hall–Kier alpha value is -0.490. The normalized spacial score (nSPS) is 21.6. The average molecular weight is 311 g/mol. The summed E-state index contributed by atoms with van der Waals surface area (Å²) < 4.78 is 6.07. The van der Waals surface area contributed by atoms with Gasteiger partial charge in [0, 0.05) is 36.6 Å². The molecule has 4 nitrogen and oxygen atoms in total. The summed E-state index contributed by atoms with van der Waals surface area (Å²) in [7, 11) is 0. The van der Waals surface area contributed by atoms with Gasteiger partial charge in [0.2, 0.25) is 0 Å². The summed E-state index contributed by atoms with van der Waals surface area (Å²) in [4.78, 5) is 7.15. The van der Waals surface area contributed by atoms with Crippen molar-refractivity contribution in [2.45, 2.75) is 52.2 Å². The van der Waals surface area contributed by atoms with Gasteiger partial charge in [-0.1, -0.05) is 13.8 Å². The van der Waals surface area contributed by atoms with Gasteiger partial charge in [-0.25, -0.2) is 4.98 Å². The van der Waals surface area contributed by atoms with Crippen LogP contribution in [0.2, 0.25) is 0 Å². The molecule has 21 heavy (non-hydrogen) atoms. The predicted octanol–water partition coefficient (Wildman–Crippen LogP) is 2.47. The lowest BCUT2D eigenvalue weighted by molar-refractivity contribution is -0.0461. The summed E-state index contributed by atoms with van der Waals surface area (Å²) in [5, 5.41) is 7.03. The average Bonchev–Trinajstić information content (AvgIpc) is 2.89. The molecule has 0 aliphatic carbocycles. The first kappa shape index (κ1) is 16.9. The lowest BCUT2D eigenvalue weighted by Crippen LogP contribution is -2.53. The van der Waals surface area contributed by atoms with E-state index in [0.29, 0.717) is 6.04 Å². The smallest absolute Gasteiger partial charge is 0.0944 e. The van der Waals surface area contributed by atoms with Crippen LogP contribution in [0.4, 0.5) is 0 Å². The molecule has 2 unspecified atom stereocenters. The molecule has 1 saturated heterocycles. The van der Waals surface area contributed by atoms with E-state index in [-0.39, 0.29) is 6.10 Å². The van der Waals surface area contributed by atoms with Crippen LogP contribution in [0.3, 0.4) is 0 Å². The van der Waals surface area contributed by atoms with E-state index < -0.39 is 0 Å². The Kier molecular flexibility index (Phi) is 7.10. The molecule has 0 radical (unpaired) electrons. The lowest BCUT2D eigenvalue weighted by Gasteiger charge is -2.37. The molecule has 2 atom stereocenters. The minimum Gasteiger partial charge on any atom is -0.374 e. The Balaban J connectivity index is 1.96. The molecule has 0 bridgehead atoms. The zero-order valence-corrected chi connectivity index (χ0v) is 14.4. The third-order valence-corrected chi connectivity index (χ3v) is 4.87. The second kappa shape index (κ2) is 8.83. The highest BCUT2D eigenvalue weighted by Crippen LogP contribution is 2.17. The van der Waals surface area contributed by atoms with E-state index in [1.165, 1.54) is 18.0 Å². The van der Waals surface area contributed by atoms with Crippen LogP contribution in [0.1, 0.15) is 37.4 Å². The third-order valence-electron chi connectivity index (χ3n) is 3.88. The van der Waals surface area contributed by atoms with Crippen LogP contribution >= 0.6 is 11.3 Å². The molecular formula is C16H29N3OS. The maximum absolute atomic E-state index is 6.07. The Morgan fingerprint density at radius 2 is 2.33 bits per heavy atom. The first-order valence-electron chi connectivity index (χ1n) is 8.21. The Morgan fingerprint density at radius 3 is 3.00 bits per heavy atom. The van der Waals surface area contributed by atoms with Gasteiger partial charge in [0.05, 0.1) is 17.7 Å². The van der Waals surface area contributed by atoms with E-state index in [1.807, 2.05) is 0 Å². The number of hydrogen-bond donors (Lipinski definition) is 1. The molecule has 0 aromatic carbocycles. The van der Waals surface area contributed by atoms with Crippen molar-refractivity contribution in [2.24, 2.45) is 0 Å². The Labute approximate surface area is 132 Å². The molecule has 2 heterocycles. The molecule has 1 aromatic rings. The van der Waals surface area contributed by atoms with Gasteiger partial charge in [-0.2, -0.15) is 0 Å². The molecule has 0 amide bonds. The van der Waals surface area contributed by atoms with Gasteiger partial charge in [0.25, 0.3) is 0 Å². The highest BCUT2D eigenvalue weighted by atomic mass is 32.1. The van der Waals surface area contributed by atoms with Crippen LogP contribution in [-0.4, -0.2) is 54.8 Å². The monoisotopic (exact) mass is 311 g/mol. The van der Waals surface area contributed by atoms with Crippen molar-refractivity contribution >= 4 is 11.3 Å². The van der Waals surface area contributed by atoms with Crippen molar-refractivity contribution in [2.75, 3.05) is 32.8 Å². The molecule has 0 spiro atoms. The maximum Gasteiger partial charge on any atom is 0.0944 e. The summed E-state index contributed by atoms with van der Waals surface area (Å²) in [6.45, 7) is 11.7. The molecular weight excluding hydrogens is 282 g/mol. The fourth-order valence-corrected chi connectivity index (χ4v) is 3.68. The van der Waals surface area contributed by atoms with Crippen molar-refractivity contribution in [3.8, 4) is 0 Å². The second-order valence-electron chi connectivity index (χ2n) is 5.86. The van der Waals surface area contributed by atoms with Crippen molar-refractivity contribution in [1.82, 2.24) is 15.2 Å². The first-order valence-corrected chi connectivity index (χ1v) is 9.09. The largest absolute Gasteiger partial charge is 0.374 e. The number of ether oxygens (including phenoxy) is 1. The lowest BCUT2D eigenvalue weighted by atomic mass is 10.1. The van der Waals surface area contributed by atoms with E-state index in [0.717, 1.165) is 44.8 Å². The summed E-state index contributed by atoms with van der Waals surface area (Å²) in [6.07, 6.45) is 3.62. The van der Waals surface area contributed by atoms with Gasteiger partial charge in [-0.15, -0.1) is 11.3 Å². The van der Waals surface area contributed by atoms with Crippen LogP contribution in [-0.2, 0) is 11.2 Å². The van der Waals surface area contributed by atoms with Gasteiger partial charge in [0.15, 0.2) is 0 Å². The van der Waals surface area contributed by atoms with Crippen LogP contribution < -0.4 is 5.32 Å². The highest BCUT2D eigenvalue weighted by molar-refractivity contribution is 7.09. The number of nitrogens with zero attached hydrogens (tertiary/aromatic N) is 2. The Morgan fingerprint density at radius 1 is 1.48 bits per heavy atom. The van der Waals surface area contributed by atoms with E-state index in [2.05, 4.69) is 41.4 Å². The highest BCUT2D eigenvalue weighted by Gasteiger charge is 2.28. The van der Waals surface area contributed by atoms with E-state index in [9.17, 15) is 0 Å². The van der Waals surface area contributed by atoms with Gasteiger partial charge in [0.1, 0.15) is 0 Å². The van der Waals surface area contributed by atoms with Crippen LogP contribution in [0.15, 0.2) is 5.38 Å². The third kappa shape index (κ3) is 5.33. The van der Waals surface area contributed by atoms with Crippen LogP contribution in [0.5, 0.6) is 0 Å². The predicted molar refractivity (Wildman–Crippen MR) is 89.1 cm³/mol. The summed E-state index contributed by atoms with van der Waals surface area (Å²) >= 11 is 1.77. The van der Waals surface area contributed by atoms with Crippen molar-refractivity contribution < 1.29 is 4.74 Å². The molecule has 1 aliphatic rings. The topological polar surface area (TPSA) is 37.4 Å². The van der Waals surface area contributed by atoms with Crippen LogP contribution in [0, 0.1) is 6.92 Å². The van der Waals surface area contributed by atoms with E-state index in [1.54, 1.807) is 11.3 Å². The van der Waals surface area contributed by atoms with Crippen LogP contribution in [0.25, 0.3) is 0 Å². The number of morpholine rings is 1. The Bertz CT molecular complexity index is 408. The molecule has 1 fully saturated rings. The zero-order valence-electron chi connectivity index (χ0n) is 13.6. The summed E-state index contributed by atoms with van der Waals surface area (Å²) in [5.74, 6) is 0. The molecule has 0 saturated carbocycles. The van der Waals surface area contributed by atoms with Gasteiger partial charge in [-0.3, -0.25) is 4.90 Å². The number of aromatic nitrogens is 1. The first-order chi connectivity index (χ1) is 10.2. The standard InChI is InChI=1S/C16H29N3OS/c1-4-6-17-14(10-16-18-13(3)12-21-16)15-11-19(7-5-2)8-9-20-15/h12,14-15,17H,4-11H2,1-3H3. The number of thiazole rings is 1. The number of aryl methyl sites for hydroxylation is 1. The molecule has 1 N–H and O–H groups in total. The number of nitrogens with one attached hydrogen (secondary N) is 1. The molecule has 5 heteroatoms. The molecule has 2 rings (SSSR count). The fourth-order valence-electron chi connectivity index (χ4n) is 2.84. The molecule has 120 valence electrons. The maximum atomic E-state index is 6.07. The minimum atomic E-state index is 0.279. The van der Waals surface area contributed by atoms with Crippen molar-refractivity contribution in [1.29, 1.82) is 0 Å². The minimum absolute atomic E-state index is 0.279. The van der Waals surface area contributed by atoms with Crippen molar-refractivity contribution in [3.05, 3.63) is 16.1 Å². The molecule has 1 aromatic heterocycles. The zero-order chi connectivity index (χ0) is 15.1. The fraction of sp³-hybridized carbons (Fsp3) is 0.812. The number of hydrogen-bond acceptors (Lipinski definition) is 5. The van der Waals surface area contributed by atoms with Gasteiger partial charge >= 0.3 is 0 Å². The summed E-state index contributed by atoms with van der Waals surface area (Å²) in [6, 6.07) is 0.371. The van der Waals surface area contributed by atoms with Crippen molar-refractivity contribution in [3.63, 3.8) is 0 Å². The number of rotatable bonds is 8. The van der Waals surface area contributed by atoms with Gasteiger partial charge < -0.3 is 10.1 Å².